The van der Waals surface area contributed by atoms with Gasteiger partial charge in [0.2, 0.25) is 5.75 Å². The van der Waals surface area contributed by atoms with E-state index in [1.807, 2.05) is 12.1 Å². The van der Waals surface area contributed by atoms with Crippen molar-refractivity contribution in [2.24, 2.45) is 0 Å². The van der Waals surface area contributed by atoms with E-state index < -0.39 is 9.05 Å². The fraction of sp³-hybridized carbons (Fsp3) is 0.600. The van der Waals surface area contributed by atoms with Gasteiger partial charge < -0.3 is 0 Å². The number of hydrogen-bond acceptors (Lipinski definition) is 1. The smallest absolute Gasteiger partial charge is 0.251 e. The summed E-state index contributed by atoms with van der Waals surface area (Å²) in [5.41, 5.74) is 3.38. The summed E-state index contributed by atoms with van der Waals surface area (Å²) in [6.07, 6.45) is 0. The Morgan fingerprint density at radius 2 is 1.35 bits per heavy atom. The van der Waals surface area contributed by atoms with Gasteiger partial charge in [0.25, 0.3) is 10.3 Å². The molecule has 0 saturated heterocycles. The van der Waals surface area contributed by atoms with Gasteiger partial charge in [-0.25, -0.2) is 0 Å². The van der Waals surface area contributed by atoms with E-state index in [0.29, 0.717) is 16.1 Å². The van der Waals surface area contributed by atoms with Crippen LogP contribution in [0.25, 0.3) is 0 Å². The Bertz CT molecular complexity index is 558. The molecule has 0 aliphatic heterocycles. The van der Waals surface area contributed by atoms with Crippen molar-refractivity contribution in [1.29, 1.82) is 0 Å². The molecule has 0 unspecified atom stereocenters. The first-order valence-corrected chi connectivity index (χ1v) is 9.55. The zero-order valence-corrected chi connectivity index (χ0v) is 14.7. The number of rotatable bonds is 2. The topological polar surface area (TPSA) is 57.5 Å². The van der Waals surface area contributed by atoms with Crippen LogP contribution in [-0.2, 0) is 36.0 Å². The van der Waals surface area contributed by atoms with Crippen LogP contribution < -0.4 is 0 Å². The van der Waals surface area contributed by atoms with E-state index in [4.69, 9.17) is 9.11 Å². The molecule has 1 aromatic rings. The first-order valence-electron chi connectivity index (χ1n) is 6.57. The molecule has 2 N–H and O–H groups in total. The van der Waals surface area contributed by atoms with Crippen molar-refractivity contribution in [3.63, 3.8) is 0 Å². The maximum atomic E-state index is 11.0. The van der Waals surface area contributed by atoms with Crippen molar-refractivity contribution in [1.82, 2.24) is 0 Å². The minimum Gasteiger partial charge on any atom is -0.251 e. The standard InChI is InChI=1S/C15H24O3S2/c1-14(2,3)12-7-11(10-19-20(16,17)18)8-13(9-12)15(4,5)6/h7-9H,10H2,1-6H3,(H-,16,17,18)/p+1. The highest BCUT2D eigenvalue weighted by Gasteiger charge is 2.22. The minimum absolute atomic E-state index is 0.0144. The highest BCUT2D eigenvalue weighted by molar-refractivity contribution is 8.33. The molecule has 0 amide bonds. The summed E-state index contributed by atoms with van der Waals surface area (Å²) in [5.74, 6) is 0.318. The van der Waals surface area contributed by atoms with Crippen LogP contribution >= 0.6 is 0 Å². The highest BCUT2D eigenvalue weighted by atomic mass is 32.9. The molecule has 0 spiro atoms. The van der Waals surface area contributed by atoms with Gasteiger partial charge in [0, 0.05) is 5.56 Å². The van der Waals surface area contributed by atoms with Crippen molar-refractivity contribution in [2.75, 3.05) is 0 Å². The highest BCUT2D eigenvalue weighted by Crippen LogP contribution is 2.30. The molecule has 0 bridgehead atoms. The van der Waals surface area contributed by atoms with E-state index in [9.17, 15) is 4.21 Å². The van der Waals surface area contributed by atoms with E-state index in [1.165, 1.54) is 11.1 Å². The molecule has 0 heterocycles. The Kier molecular flexibility index (Phi) is 5.02. The van der Waals surface area contributed by atoms with Crippen LogP contribution in [0, 0.1) is 0 Å². The van der Waals surface area contributed by atoms with Crippen molar-refractivity contribution in [3.05, 3.63) is 34.9 Å². The third-order valence-electron chi connectivity index (χ3n) is 3.10. The molecule has 0 radical (unpaired) electrons. The molecule has 0 atom stereocenters. The molecule has 0 aliphatic carbocycles. The summed E-state index contributed by atoms with van der Waals surface area (Å²) in [5, 5.41) is 0. The van der Waals surface area contributed by atoms with E-state index in [-0.39, 0.29) is 10.8 Å². The zero-order chi connectivity index (χ0) is 15.8. The van der Waals surface area contributed by atoms with Gasteiger partial charge in [0.1, 0.15) is 0 Å². The van der Waals surface area contributed by atoms with Crippen LogP contribution in [0.15, 0.2) is 18.2 Å². The van der Waals surface area contributed by atoms with Gasteiger partial charge >= 0.3 is 9.05 Å². The maximum absolute atomic E-state index is 11.0. The predicted molar refractivity (Wildman–Crippen MR) is 88.3 cm³/mol. The minimum atomic E-state index is -3.75. The zero-order valence-electron chi connectivity index (χ0n) is 13.1. The van der Waals surface area contributed by atoms with E-state index in [2.05, 4.69) is 47.6 Å². The molecule has 5 heteroatoms. The second-order valence-electron chi connectivity index (χ2n) is 7.13. The lowest BCUT2D eigenvalue weighted by Crippen LogP contribution is -2.17. The molecule has 114 valence electrons. The summed E-state index contributed by atoms with van der Waals surface area (Å²) in [7, 11) is -3.09. The third kappa shape index (κ3) is 5.48. The Morgan fingerprint density at radius 1 is 0.950 bits per heavy atom. The quantitative estimate of drug-likeness (QED) is 0.810. The Morgan fingerprint density at radius 3 is 1.65 bits per heavy atom. The van der Waals surface area contributed by atoms with Crippen molar-refractivity contribution < 1.29 is 13.3 Å². The first kappa shape index (κ1) is 17.6. The van der Waals surface area contributed by atoms with Gasteiger partial charge in [-0.15, -0.1) is 0 Å². The molecular weight excluding hydrogens is 292 g/mol. The SMILES string of the molecule is CC(C)(C)c1cc(C[S+]=S(=O)(O)O)cc(C(C)(C)C)c1. The van der Waals surface area contributed by atoms with Gasteiger partial charge in [0.05, 0.1) is 0 Å². The number of hydrogen-bond donors (Lipinski definition) is 2. The molecule has 1 rings (SSSR count). The van der Waals surface area contributed by atoms with Crippen molar-refractivity contribution >= 4 is 19.4 Å². The fourth-order valence-corrected chi connectivity index (χ4v) is 3.11. The maximum Gasteiger partial charge on any atom is 0.430 e. The molecule has 0 fully saturated rings. The Hall–Kier alpha value is -0.490. The Labute approximate surface area is 126 Å². The van der Waals surface area contributed by atoms with Gasteiger partial charge in [-0.2, -0.15) is 4.21 Å². The first-order chi connectivity index (χ1) is 8.79. The van der Waals surface area contributed by atoms with Crippen LogP contribution in [0.4, 0.5) is 0 Å². The van der Waals surface area contributed by atoms with Crippen LogP contribution in [0.1, 0.15) is 58.2 Å². The molecule has 1 aromatic carbocycles. The molecule has 3 nitrogen and oxygen atoms in total. The predicted octanol–water partition coefficient (Wildman–Crippen LogP) is 4.01. The van der Waals surface area contributed by atoms with Gasteiger partial charge in [0.15, 0.2) is 0 Å². The normalized spacial score (nSPS) is 13.4. The van der Waals surface area contributed by atoms with Crippen LogP contribution in [0.2, 0.25) is 0 Å². The average molecular weight is 317 g/mol. The van der Waals surface area contributed by atoms with Gasteiger partial charge in [-0.1, -0.05) is 47.6 Å². The summed E-state index contributed by atoms with van der Waals surface area (Å²) in [6, 6.07) is 6.30. The summed E-state index contributed by atoms with van der Waals surface area (Å²) in [4.78, 5) is 0. The van der Waals surface area contributed by atoms with Gasteiger partial charge in [-0.05, 0) is 34.1 Å². The Balaban J connectivity index is 3.35. The molecule has 20 heavy (non-hydrogen) atoms. The molecule has 0 aliphatic rings. The lowest BCUT2D eigenvalue weighted by molar-refractivity contribution is 0.450. The van der Waals surface area contributed by atoms with E-state index >= 15 is 0 Å². The lowest BCUT2D eigenvalue weighted by Gasteiger charge is -2.25. The monoisotopic (exact) mass is 317 g/mol. The van der Waals surface area contributed by atoms with E-state index in [0.717, 1.165) is 5.56 Å². The van der Waals surface area contributed by atoms with Crippen LogP contribution in [-0.4, -0.2) is 13.3 Å². The summed E-state index contributed by atoms with van der Waals surface area (Å²) < 4.78 is 29.0. The fourth-order valence-electron chi connectivity index (χ4n) is 1.79. The number of benzene rings is 1. The summed E-state index contributed by atoms with van der Waals surface area (Å²) >= 11 is 0. The van der Waals surface area contributed by atoms with Crippen molar-refractivity contribution in [3.8, 4) is 0 Å². The largest absolute Gasteiger partial charge is 0.430 e. The molecular formula is C15H25O3S2+. The molecule has 0 aromatic heterocycles. The molecule has 0 saturated carbocycles. The average Bonchev–Trinajstić information content (AvgIpc) is 2.22. The van der Waals surface area contributed by atoms with Crippen LogP contribution in [0.5, 0.6) is 0 Å². The second-order valence-corrected chi connectivity index (χ2v) is 10.6. The van der Waals surface area contributed by atoms with Gasteiger partial charge in [-0.3, -0.25) is 9.11 Å². The van der Waals surface area contributed by atoms with E-state index in [1.54, 1.807) is 0 Å². The third-order valence-corrected chi connectivity index (χ3v) is 5.14. The lowest BCUT2D eigenvalue weighted by atomic mass is 9.80. The van der Waals surface area contributed by atoms with Crippen molar-refractivity contribution in [2.45, 2.75) is 58.1 Å². The summed E-state index contributed by atoms with van der Waals surface area (Å²) in [6.45, 7) is 12.9. The second kappa shape index (κ2) is 5.72. The van der Waals surface area contributed by atoms with Crippen LogP contribution in [0.3, 0.4) is 0 Å².